The maximum absolute atomic E-state index is 12.0. The van der Waals surface area contributed by atoms with Crippen LogP contribution in [-0.2, 0) is 0 Å². The lowest BCUT2D eigenvalue weighted by Gasteiger charge is -2.14. The normalized spacial score (nSPS) is 10.4. The van der Waals surface area contributed by atoms with Gasteiger partial charge in [-0.05, 0) is 19.2 Å². The number of aromatic nitrogens is 2. The topological polar surface area (TPSA) is 71.3 Å². The summed E-state index contributed by atoms with van der Waals surface area (Å²) in [5, 5.41) is 6.86. The fraction of sp³-hybridized carbons (Fsp3) is 0.308. The van der Waals surface area contributed by atoms with Crippen LogP contribution in [0.15, 0.2) is 35.0 Å². The van der Waals surface area contributed by atoms with Gasteiger partial charge in [0.1, 0.15) is 5.69 Å². The van der Waals surface area contributed by atoms with E-state index in [-0.39, 0.29) is 11.7 Å². The third-order valence-corrected chi connectivity index (χ3v) is 2.69. The number of nitrogens with one attached hydrogen (secondary N) is 1. The van der Waals surface area contributed by atoms with Gasteiger partial charge in [-0.1, -0.05) is 11.2 Å². The van der Waals surface area contributed by atoms with Crippen molar-refractivity contribution in [2.24, 2.45) is 0 Å². The summed E-state index contributed by atoms with van der Waals surface area (Å²) in [6, 6.07) is 7.11. The van der Waals surface area contributed by atoms with Crippen LogP contribution in [0, 0.1) is 0 Å². The molecule has 0 aliphatic rings. The molecule has 0 atom stereocenters. The summed E-state index contributed by atoms with van der Waals surface area (Å²) in [6.07, 6.45) is 1.67. The van der Waals surface area contributed by atoms with Crippen LogP contribution in [0.3, 0.4) is 0 Å². The Kier molecular flexibility index (Phi) is 4.25. The molecule has 19 heavy (non-hydrogen) atoms. The number of carbonyl (C=O) groups is 1. The van der Waals surface area contributed by atoms with Crippen LogP contribution in [0.1, 0.15) is 10.6 Å². The number of rotatable bonds is 5. The van der Waals surface area contributed by atoms with Crippen LogP contribution in [-0.4, -0.2) is 48.1 Å². The zero-order valence-electron chi connectivity index (χ0n) is 11.0. The maximum atomic E-state index is 12.0. The summed E-state index contributed by atoms with van der Waals surface area (Å²) in [7, 11) is 3.56. The van der Waals surface area contributed by atoms with Crippen molar-refractivity contribution in [3.63, 3.8) is 0 Å². The fourth-order valence-corrected chi connectivity index (χ4v) is 1.58. The monoisotopic (exact) mass is 260 g/mol. The zero-order chi connectivity index (χ0) is 13.7. The summed E-state index contributed by atoms with van der Waals surface area (Å²) in [4.78, 5) is 17.8. The van der Waals surface area contributed by atoms with E-state index in [1.165, 1.54) is 0 Å². The van der Waals surface area contributed by atoms with Crippen LogP contribution in [0.4, 0.5) is 0 Å². The van der Waals surface area contributed by atoms with Gasteiger partial charge in [0.15, 0.2) is 0 Å². The molecule has 0 radical (unpaired) electrons. The Hall–Kier alpha value is -2.21. The van der Waals surface area contributed by atoms with E-state index in [1.807, 2.05) is 25.2 Å². The second kappa shape index (κ2) is 6.10. The second-order valence-electron chi connectivity index (χ2n) is 4.12. The smallest absolute Gasteiger partial charge is 0.292 e. The van der Waals surface area contributed by atoms with E-state index in [2.05, 4.69) is 15.5 Å². The highest BCUT2D eigenvalue weighted by molar-refractivity contribution is 5.92. The minimum atomic E-state index is -0.190. The van der Waals surface area contributed by atoms with Crippen LogP contribution in [0.2, 0.25) is 0 Å². The van der Waals surface area contributed by atoms with Crippen molar-refractivity contribution in [1.82, 2.24) is 20.4 Å². The largest absolute Gasteiger partial charge is 0.350 e. The van der Waals surface area contributed by atoms with Crippen molar-refractivity contribution >= 4 is 5.91 Å². The standard InChI is InChI=1S/C13H16N4O2/c1-14-7-8-17(2)13(18)12-9-11(16-19-12)10-5-3-4-6-15-10/h3-6,9,14H,7-8H2,1-2H3. The molecule has 0 saturated carbocycles. The van der Waals surface area contributed by atoms with Crippen molar-refractivity contribution in [2.75, 3.05) is 27.2 Å². The number of carbonyl (C=O) groups excluding carboxylic acids is 1. The lowest BCUT2D eigenvalue weighted by Crippen LogP contribution is -2.32. The number of pyridine rings is 1. The summed E-state index contributed by atoms with van der Waals surface area (Å²) in [5.41, 5.74) is 1.24. The molecule has 2 aromatic heterocycles. The molecule has 0 aliphatic carbocycles. The Morgan fingerprint density at radius 2 is 2.26 bits per heavy atom. The first kappa shape index (κ1) is 13.2. The summed E-state index contributed by atoms with van der Waals surface area (Å²) >= 11 is 0. The van der Waals surface area contributed by atoms with Crippen molar-refractivity contribution in [3.8, 4) is 11.4 Å². The third-order valence-electron chi connectivity index (χ3n) is 2.69. The van der Waals surface area contributed by atoms with E-state index in [4.69, 9.17) is 4.52 Å². The molecular weight excluding hydrogens is 244 g/mol. The first-order valence-electron chi connectivity index (χ1n) is 6.00. The van der Waals surface area contributed by atoms with Crippen molar-refractivity contribution in [1.29, 1.82) is 0 Å². The number of hydrogen-bond acceptors (Lipinski definition) is 5. The molecule has 0 bridgehead atoms. The Balaban J connectivity index is 2.11. The van der Waals surface area contributed by atoms with E-state index in [9.17, 15) is 4.79 Å². The van der Waals surface area contributed by atoms with Gasteiger partial charge < -0.3 is 14.7 Å². The average molecular weight is 260 g/mol. The maximum Gasteiger partial charge on any atom is 0.292 e. The molecule has 1 N–H and O–H groups in total. The van der Waals surface area contributed by atoms with Gasteiger partial charge >= 0.3 is 0 Å². The molecule has 0 aliphatic heterocycles. The Morgan fingerprint density at radius 1 is 1.42 bits per heavy atom. The van der Waals surface area contributed by atoms with Crippen LogP contribution < -0.4 is 5.32 Å². The van der Waals surface area contributed by atoms with Gasteiger partial charge in [-0.25, -0.2) is 0 Å². The van der Waals surface area contributed by atoms with Crippen LogP contribution in [0.25, 0.3) is 11.4 Å². The summed E-state index contributed by atoms with van der Waals surface area (Å²) < 4.78 is 5.08. The lowest BCUT2D eigenvalue weighted by atomic mass is 10.2. The van der Waals surface area contributed by atoms with Crippen LogP contribution in [0.5, 0.6) is 0 Å². The highest BCUT2D eigenvalue weighted by Crippen LogP contribution is 2.16. The molecule has 0 aromatic carbocycles. The van der Waals surface area contributed by atoms with Crippen molar-refractivity contribution in [3.05, 3.63) is 36.2 Å². The van der Waals surface area contributed by atoms with E-state index >= 15 is 0 Å². The first-order chi connectivity index (χ1) is 9.22. The average Bonchev–Trinajstić information content (AvgIpc) is 2.94. The minimum Gasteiger partial charge on any atom is -0.350 e. The van der Waals surface area contributed by atoms with E-state index in [1.54, 1.807) is 24.2 Å². The molecule has 6 heteroatoms. The van der Waals surface area contributed by atoms with Gasteiger partial charge in [-0.2, -0.15) is 0 Å². The fourth-order valence-electron chi connectivity index (χ4n) is 1.58. The molecule has 1 amide bonds. The van der Waals surface area contributed by atoms with Crippen molar-refractivity contribution in [2.45, 2.75) is 0 Å². The highest BCUT2D eigenvalue weighted by Gasteiger charge is 2.17. The van der Waals surface area contributed by atoms with Gasteiger partial charge in [-0.15, -0.1) is 0 Å². The van der Waals surface area contributed by atoms with Crippen LogP contribution >= 0.6 is 0 Å². The number of hydrogen-bond donors (Lipinski definition) is 1. The molecule has 2 aromatic rings. The molecule has 6 nitrogen and oxygen atoms in total. The first-order valence-corrected chi connectivity index (χ1v) is 6.00. The summed E-state index contributed by atoms with van der Waals surface area (Å²) in [5.74, 6) is 0.0317. The Bertz CT molecular complexity index is 539. The molecule has 100 valence electrons. The molecule has 0 spiro atoms. The number of nitrogens with zero attached hydrogens (tertiary/aromatic N) is 3. The summed E-state index contributed by atoms with van der Waals surface area (Å²) in [6.45, 7) is 1.33. The van der Waals surface area contributed by atoms with Crippen molar-refractivity contribution < 1.29 is 9.32 Å². The predicted molar refractivity (Wildman–Crippen MR) is 70.6 cm³/mol. The van der Waals surface area contributed by atoms with Gasteiger partial charge in [0.25, 0.3) is 5.91 Å². The molecule has 2 heterocycles. The quantitative estimate of drug-likeness (QED) is 0.869. The molecule has 0 unspecified atom stereocenters. The van der Waals surface area contributed by atoms with Gasteiger partial charge in [0, 0.05) is 32.4 Å². The lowest BCUT2D eigenvalue weighted by molar-refractivity contribution is 0.0755. The minimum absolute atomic E-state index is 0.190. The predicted octanol–water partition coefficient (Wildman–Crippen LogP) is 1.03. The molecule has 0 fully saturated rings. The van der Waals surface area contributed by atoms with E-state index in [0.717, 1.165) is 6.54 Å². The van der Waals surface area contributed by atoms with Gasteiger partial charge in [0.05, 0.1) is 5.69 Å². The zero-order valence-corrected chi connectivity index (χ0v) is 11.0. The van der Waals surface area contributed by atoms with Gasteiger partial charge in [0.2, 0.25) is 5.76 Å². The molecule has 0 saturated heterocycles. The molecule has 2 rings (SSSR count). The number of likely N-dealkylation sites (N-methyl/N-ethyl adjacent to an activating group) is 2. The highest BCUT2D eigenvalue weighted by atomic mass is 16.5. The second-order valence-corrected chi connectivity index (χ2v) is 4.12. The Morgan fingerprint density at radius 3 is 2.95 bits per heavy atom. The number of amides is 1. The SMILES string of the molecule is CNCCN(C)C(=O)c1cc(-c2ccccn2)no1. The Labute approximate surface area is 111 Å². The molecular formula is C13H16N4O2. The van der Waals surface area contributed by atoms with E-state index < -0.39 is 0 Å². The third kappa shape index (κ3) is 3.17. The van der Waals surface area contributed by atoms with Gasteiger partial charge in [-0.3, -0.25) is 9.78 Å². The van der Waals surface area contributed by atoms with E-state index in [0.29, 0.717) is 17.9 Å².